The van der Waals surface area contributed by atoms with Crippen LogP contribution < -0.4 is 5.56 Å². The number of nitrogens with zero attached hydrogens (tertiary/aromatic N) is 2. The Bertz CT molecular complexity index is 735. The number of aromatic amines is 1. The van der Waals surface area contributed by atoms with Gasteiger partial charge in [-0.1, -0.05) is 20.3 Å². The van der Waals surface area contributed by atoms with Crippen molar-refractivity contribution in [1.29, 1.82) is 5.26 Å². The van der Waals surface area contributed by atoms with Gasteiger partial charge in [0.1, 0.15) is 11.6 Å². The van der Waals surface area contributed by atoms with Crippen LogP contribution in [0.2, 0.25) is 0 Å². The summed E-state index contributed by atoms with van der Waals surface area (Å²) >= 11 is 0. The minimum absolute atomic E-state index is 0.133. The van der Waals surface area contributed by atoms with E-state index < -0.39 is 0 Å². The van der Waals surface area contributed by atoms with E-state index in [1.165, 1.54) is 19.3 Å². The molecule has 0 aliphatic heterocycles. The summed E-state index contributed by atoms with van der Waals surface area (Å²) < 4.78 is 0. The third-order valence-electron chi connectivity index (χ3n) is 5.83. The number of hydrogen-bond acceptors (Lipinski definition) is 3. The number of H-pyrrole nitrogens is 1. The van der Waals surface area contributed by atoms with E-state index in [1.807, 2.05) is 24.9 Å². The molecule has 0 bridgehead atoms. The molecule has 5 nitrogen and oxygen atoms in total. The maximum Gasteiger partial charge on any atom is 0.266 e. The first-order valence-corrected chi connectivity index (χ1v) is 9.16. The zero-order valence-corrected chi connectivity index (χ0v) is 16.0. The van der Waals surface area contributed by atoms with E-state index in [0.29, 0.717) is 36.3 Å². The second kappa shape index (κ2) is 7.86. The molecular formula is C20H29N3O2. The van der Waals surface area contributed by atoms with E-state index in [2.05, 4.69) is 18.8 Å². The first-order chi connectivity index (χ1) is 11.8. The summed E-state index contributed by atoms with van der Waals surface area (Å²) in [5, 5.41) is 9.16. The third kappa shape index (κ3) is 3.95. The Morgan fingerprint density at radius 2 is 1.88 bits per heavy atom. The zero-order chi connectivity index (χ0) is 18.7. The maximum atomic E-state index is 12.7. The molecule has 0 spiro atoms. The standard InChI is InChI=1S/C20H29N3O2/c1-12-7-6-8-13(2)19(12)23(5)18(24)10-9-16-14(3)17(11-21)20(25)22-15(16)4/h12-13,19H,6-10H2,1-5H3,(H,22,25)/t12-,13+,19?. The number of rotatable bonds is 4. The molecule has 1 heterocycles. The van der Waals surface area contributed by atoms with E-state index >= 15 is 0 Å². The summed E-state index contributed by atoms with van der Waals surface area (Å²) in [4.78, 5) is 29.2. The Kier molecular flexibility index (Phi) is 6.05. The van der Waals surface area contributed by atoms with Crippen LogP contribution in [0.1, 0.15) is 61.9 Å². The van der Waals surface area contributed by atoms with Gasteiger partial charge in [0.15, 0.2) is 0 Å². The van der Waals surface area contributed by atoms with Gasteiger partial charge >= 0.3 is 0 Å². The lowest BCUT2D eigenvalue weighted by Gasteiger charge is -2.41. The molecule has 0 radical (unpaired) electrons. The second-order valence-electron chi connectivity index (χ2n) is 7.55. The SMILES string of the molecule is Cc1[nH]c(=O)c(C#N)c(C)c1CCC(=O)N(C)C1[C@H](C)CCC[C@@H]1C. The number of carbonyl (C=O) groups excluding carboxylic acids is 1. The van der Waals surface area contributed by atoms with Crippen LogP contribution in [-0.4, -0.2) is 28.9 Å². The number of aromatic nitrogens is 1. The molecule has 1 unspecified atom stereocenters. The van der Waals surface area contributed by atoms with Crippen LogP contribution >= 0.6 is 0 Å². The Morgan fingerprint density at radius 3 is 2.44 bits per heavy atom. The van der Waals surface area contributed by atoms with E-state index in [-0.39, 0.29) is 17.0 Å². The fraction of sp³-hybridized carbons (Fsp3) is 0.650. The fourth-order valence-electron chi connectivity index (χ4n) is 4.42. The van der Waals surface area contributed by atoms with Gasteiger partial charge in [0.25, 0.3) is 5.56 Å². The third-order valence-corrected chi connectivity index (χ3v) is 5.83. The average Bonchev–Trinajstić information content (AvgIpc) is 2.54. The molecule has 1 aromatic rings. The second-order valence-corrected chi connectivity index (χ2v) is 7.55. The molecule has 3 atom stereocenters. The van der Waals surface area contributed by atoms with Gasteiger partial charge in [-0.05, 0) is 56.1 Å². The Hall–Kier alpha value is -2.09. The van der Waals surface area contributed by atoms with Gasteiger partial charge in [0, 0.05) is 25.2 Å². The number of nitrogens with one attached hydrogen (secondary N) is 1. The van der Waals surface area contributed by atoms with Crippen molar-refractivity contribution in [2.24, 2.45) is 11.8 Å². The molecule has 1 aliphatic rings. The van der Waals surface area contributed by atoms with Gasteiger partial charge in [-0.15, -0.1) is 0 Å². The zero-order valence-electron chi connectivity index (χ0n) is 16.0. The summed E-state index contributed by atoms with van der Waals surface area (Å²) in [6.45, 7) is 8.08. The van der Waals surface area contributed by atoms with Gasteiger partial charge in [0.05, 0.1) is 0 Å². The molecule has 2 rings (SSSR count). The first kappa shape index (κ1) is 19.2. The molecule has 1 aliphatic carbocycles. The van der Waals surface area contributed by atoms with Crippen molar-refractivity contribution in [2.75, 3.05) is 7.05 Å². The summed E-state index contributed by atoms with van der Waals surface area (Å²) in [5.74, 6) is 1.19. The predicted molar refractivity (Wildman–Crippen MR) is 98.3 cm³/mol. The van der Waals surface area contributed by atoms with Gasteiger partial charge in [0.2, 0.25) is 5.91 Å². The summed E-state index contributed by atoms with van der Waals surface area (Å²) in [6, 6.07) is 2.27. The van der Waals surface area contributed by atoms with Crippen molar-refractivity contribution >= 4 is 5.91 Å². The maximum absolute atomic E-state index is 12.7. The van der Waals surface area contributed by atoms with Crippen molar-refractivity contribution in [2.45, 2.75) is 65.8 Å². The van der Waals surface area contributed by atoms with Gasteiger partial charge < -0.3 is 9.88 Å². The van der Waals surface area contributed by atoms with E-state index in [4.69, 9.17) is 5.26 Å². The highest BCUT2D eigenvalue weighted by Gasteiger charge is 2.32. The molecule has 1 N–H and O–H groups in total. The normalized spacial score (nSPS) is 23.1. The number of amides is 1. The molecule has 136 valence electrons. The van der Waals surface area contributed by atoms with Crippen LogP contribution in [0.15, 0.2) is 4.79 Å². The van der Waals surface area contributed by atoms with Crippen LogP contribution in [-0.2, 0) is 11.2 Å². The summed E-state index contributed by atoms with van der Waals surface area (Å²) in [7, 11) is 1.92. The number of aryl methyl sites for hydroxylation is 1. The van der Waals surface area contributed by atoms with Crippen LogP contribution in [0.3, 0.4) is 0 Å². The number of nitriles is 1. The molecule has 5 heteroatoms. The van der Waals surface area contributed by atoms with E-state index in [0.717, 1.165) is 11.3 Å². The molecule has 1 amide bonds. The molecule has 1 aromatic heterocycles. The number of pyridine rings is 1. The fourth-order valence-corrected chi connectivity index (χ4v) is 4.42. The summed E-state index contributed by atoms with van der Waals surface area (Å²) in [6.07, 6.45) is 4.53. The van der Waals surface area contributed by atoms with Crippen molar-refractivity contribution in [1.82, 2.24) is 9.88 Å². The molecule has 0 saturated heterocycles. The minimum Gasteiger partial charge on any atom is -0.342 e. The summed E-state index contributed by atoms with van der Waals surface area (Å²) in [5.41, 5.74) is 2.14. The van der Waals surface area contributed by atoms with Gasteiger partial charge in [-0.3, -0.25) is 9.59 Å². The van der Waals surface area contributed by atoms with E-state index in [1.54, 1.807) is 6.92 Å². The van der Waals surface area contributed by atoms with Crippen molar-refractivity contribution < 1.29 is 4.79 Å². The topological polar surface area (TPSA) is 77.0 Å². The average molecular weight is 343 g/mol. The number of carbonyl (C=O) groups is 1. The highest BCUT2D eigenvalue weighted by molar-refractivity contribution is 5.76. The monoisotopic (exact) mass is 343 g/mol. The number of hydrogen-bond donors (Lipinski definition) is 1. The molecule has 1 saturated carbocycles. The molecular weight excluding hydrogens is 314 g/mol. The van der Waals surface area contributed by atoms with Gasteiger partial charge in [-0.2, -0.15) is 5.26 Å². The quantitative estimate of drug-likeness (QED) is 0.912. The predicted octanol–water partition coefficient (Wildman–Crippen LogP) is 3.08. The van der Waals surface area contributed by atoms with Crippen LogP contribution in [0.5, 0.6) is 0 Å². The van der Waals surface area contributed by atoms with Gasteiger partial charge in [-0.25, -0.2) is 0 Å². The largest absolute Gasteiger partial charge is 0.342 e. The van der Waals surface area contributed by atoms with Crippen LogP contribution in [0.4, 0.5) is 0 Å². The van der Waals surface area contributed by atoms with E-state index in [9.17, 15) is 9.59 Å². The molecule has 0 aromatic carbocycles. The smallest absolute Gasteiger partial charge is 0.266 e. The minimum atomic E-state index is -0.352. The lowest BCUT2D eigenvalue weighted by atomic mass is 9.78. The van der Waals surface area contributed by atoms with Crippen molar-refractivity contribution in [3.8, 4) is 6.07 Å². The highest BCUT2D eigenvalue weighted by Crippen LogP contribution is 2.32. The van der Waals surface area contributed by atoms with Crippen molar-refractivity contribution in [3.05, 3.63) is 32.7 Å². The Labute approximate surface area is 150 Å². The highest BCUT2D eigenvalue weighted by atomic mass is 16.2. The lowest BCUT2D eigenvalue weighted by Crippen LogP contribution is -2.47. The van der Waals surface area contributed by atoms with Crippen molar-refractivity contribution in [3.63, 3.8) is 0 Å². The van der Waals surface area contributed by atoms with Crippen LogP contribution in [0.25, 0.3) is 0 Å². The Balaban J connectivity index is 2.12. The first-order valence-electron chi connectivity index (χ1n) is 9.16. The molecule has 1 fully saturated rings. The Morgan fingerprint density at radius 1 is 1.28 bits per heavy atom. The van der Waals surface area contributed by atoms with Crippen LogP contribution in [0, 0.1) is 37.0 Å². The molecule has 25 heavy (non-hydrogen) atoms. The lowest BCUT2D eigenvalue weighted by molar-refractivity contribution is -0.134.